The van der Waals surface area contributed by atoms with E-state index < -0.39 is 24.9 Å². The van der Waals surface area contributed by atoms with Crippen molar-refractivity contribution in [2.24, 2.45) is 0 Å². The maximum atomic E-state index is 13.8. The molecule has 134 valence electrons. The number of carbonyl (C=O) groups excluding carboxylic acids is 1. The zero-order valence-electron chi connectivity index (χ0n) is 14.0. The first-order valence-electron chi connectivity index (χ1n) is 7.98. The molecule has 0 unspecified atom stereocenters. The molecule has 1 aromatic heterocycles. The van der Waals surface area contributed by atoms with Crippen molar-refractivity contribution in [1.82, 2.24) is 15.0 Å². The van der Waals surface area contributed by atoms with Crippen LogP contribution in [0.4, 0.5) is 8.78 Å². The third kappa shape index (κ3) is 3.94. The summed E-state index contributed by atoms with van der Waals surface area (Å²) in [7, 11) is 1.57. The van der Waals surface area contributed by atoms with E-state index in [4.69, 9.17) is 9.26 Å². The Bertz CT molecular complexity index is 746. The molecule has 2 aromatic rings. The molecule has 25 heavy (non-hydrogen) atoms. The van der Waals surface area contributed by atoms with Gasteiger partial charge in [0, 0.05) is 12.8 Å². The molecule has 1 saturated heterocycles. The maximum absolute atomic E-state index is 13.8. The summed E-state index contributed by atoms with van der Waals surface area (Å²) in [6, 6.07) is 6.42. The lowest BCUT2D eigenvalue weighted by molar-refractivity contribution is -0.133. The first kappa shape index (κ1) is 17.3. The predicted octanol–water partition coefficient (Wildman–Crippen LogP) is 2.93. The highest BCUT2D eigenvalue weighted by Gasteiger charge is 2.49. The average Bonchev–Trinajstić information content (AvgIpc) is 3.15. The molecule has 1 fully saturated rings. The molecule has 0 aliphatic carbocycles. The standard InChI is InChI=1S/C17H19F2N3O3/c1-11-20-16(25-21-11)14-9-17(18,19)10-22(14)15(23)8-5-12-3-6-13(24-2)7-4-12/h3-4,6-7,14H,5,8-10H2,1-2H3/t14-/m0/s1. The van der Waals surface area contributed by atoms with Crippen LogP contribution in [0, 0.1) is 6.92 Å². The van der Waals surface area contributed by atoms with Gasteiger partial charge < -0.3 is 14.2 Å². The van der Waals surface area contributed by atoms with Gasteiger partial charge in [-0.2, -0.15) is 4.98 Å². The number of aromatic nitrogens is 2. The van der Waals surface area contributed by atoms with Crippen molar-refractivity contribution in [1.29, 1.82) is 0 Å². The first-order valence-corrected chi connectivity index (χ1v) is 7.98. The van der Waals surface area contributed by atoms with Crippen LogP contribution in [-0.2, 0) is 11.2 Å². The highest BCUT2D eigenvalue weighted by molar-refractivity contribution is 5.77. The number of aryl methyl sites for hydroxylation is 2. The lowest BCUT2D eigenvalue weighted by atomic mass is 10.1. The number of alkyl halides is 2. The van der Waals surface area contributed by atoms with Crippen molar-refractivity contribution in [3.05, 3.63) is 41.5 Å². The molecule has 8 heteroatoms. The highest BCUT2D eigenvalue weighted by Crippen LogP contribution is 2.40. The summed E-state index contributed by atoms with van der Waals surface area (Å²) in [5, 5.41) is 3.63. The van der Waals surface area contributed by atoms with Gasteiger partial charge in [-0.3, -0.25) is 4.79 Å². The molecule has 0 saturated carbocycles. The van der Waals surface area contributed by atoms with Crippen LogP contribution in [-0.4, -0.2) is 40.5 Å². The zero-order valence-corrected chi connectivity index (χ0v) is 14.0. The Kier molecular flexibility index (Phi) is 4.69. The van der Waals surface area contributed by atoms with E-state index in [-0.39, 0.29) is 18.2 Å². The van der Waals surface area contributed by atoms with Crippen LogP contribution in [0.3, 0.4) is 0 Å². The largest absolute Gasteiger partial charge is 0.497 e. The fourth-order valence-electron chi connectivity index (χ4n) is 2.94. The molecular formula is C17H19F2N3O3. The summed E-state index contributed by atoms with van der Waals surface area (Å²) in [4.78, 5) is 17.7. The molecule has 3 rings (SSSR count). The highest BCUT2D eigenvalue weighted by atomic mass is 19.3. The fourth-order valence-corrected chi connectivity index (χ4v) is 2.94. The van der Waals surface area contributed by atoms with E-state index in [9.17, 15) is 13.6 Å². The number of hydrogen-bond donors (Lipinski definition) is 0. The van der Waals surface area contributed by atoms with Crippen LogP contribution in [0.1, 0.15) is 36.2 Å². The Hall–Kier alpha value is -2.51. The van der Waals surface area contributed by atoms with Gasteiger partial charge in [-0.1, -0.05) is 17.3 Å². The SMILES string of the molecule is COc1ccc(CCC(=O)N2CC(F)(F)C[C@H]2c2nc(C)no2)cc1. The summed E-state index contributed by atoms with van der Waals surface area (Å²) in [6.45, 7) is 0.983. The number of benzene rings is 1. The lowest BCUT2D eigenvalue weighted by Crippen LogP contribution is -2.33. The third-order valence-electron chi connectivity index (χ3n) is 4.21. The van der Waals surface area contributed by atoms with Crippen molar-refractivity contribution in [2.75, 3.05) is 13.7 Å². The monoisotopic (exact) mass is 351 g/mol. The summed E-state index contributed by atoms with van der Waals surface area (Å²) in [5.74, 6) is -2.17. The number of halogens is 2. The van der Waals surface area contributed by atoms with Crippen LogP contribution in [0.5, 0.6) is 5.75 Å². The molecular weight excluding hydrogens is 332 g/mol. The molecule has 1 atom stereocenters. The summed E-state index contributed by atoms with van der Waals surface area (Å²) >= 11 is 0. The Labute approximate surface area is 143 Å². The fraction of sp³-hybridized carbons (Fsp3) is 0.471. The van der Waals surface area contributed by atoms with E-state index in [1.165, 1.54) is 0 Å². The molecule has 0 radical (unpaired) electrons. The Morgan fingerprint density at radius 2 is 2.12 bits per heavy atom. The smallest absolute Gasteiger partial charge is 0.267 e. The van der Waals surface area contributed by atoms with Gasteiger partial charge in [0.1, 0.15) is 11.8 Å². The molecule has 1 aliphatic rings. The van der Waals surface area contributed by atoms with E-state index in [1.807, 2.05) is 12.1 Å². The van der Waals surface area contributed by atoms with Crippen molar-refractivity contribution in [3.8, 4) is 5.75 Å². The molecule has 1 aromatic carbocycles. The Morgan fingerprint density at radius 1 is 1.40 bits per heavy atom. The second-order valence-electron chi connectivity index (χ2n) is 6.13. The lowest BCUT2D eigenvalue weighted by Gasteiger charge is -2.21. The number of rotatable bonds is 5. The number of methoxy groups -OCH3 is 1. The maximum Gasteiger partial charge on any atom is 0.267 e. The van der Waals surface area contributed by atoms with Crippen molar-refractivity contribution >= 4 is 5.91 Å². The molecule has 0 bridgehead atoms. The quantitative estimate of drug-likeness (QED) is 0.828. The number of carbonyl (C=O) groups is 1. The summed E-state index contributed by atoms with van der Waals surface area (Å²) in [5.41, 5.74) is 0.935. The van der Waals surface area contributed by atoms with Gasteiger partial charge in [-0.15, -0.1) is 0 Å². The number of ether oxygens (including phenoxy) is 1. The minimum absolute atomic E-state index is 0.0625. The second-order valence-corrected chi connectivity index (χ2v) is 6.13. The molecule has 1 amide bonds. The van der Waals surface area contributed by atoms with Crippen LogP contribution in [0.2, 0.25) is 0 Å². The average molecular weight is 351 g/mol. The number of nitrogens with zero attached hydrogens (tertiary/aromatic N) is 3. The molecule has 0 spiro atoms. The van der Waals surface area contributed by atoms with Crippen LogP contribution >= 0.6 is 0 Å². The molecule has 6 nitrogen and oxygen atoms in total. The van der Waals surface area contributed by atoms with Crippen molar-refractivity contribution < 1.29 is 22.8 Å². The minimum atomic E-state index is -2.96. The van der Waals surface area contributed by atoms with Crippen LogP contribution in [0.15, 0.2) is 28.8 Å². The Morgan fingerprint density at radius 3 is 2.72 bits per heavy atom. The van der Waals surface area contributed by atoms with Crippen LogP contribution < -0.4 is 4.74 Å². The van der Waals surface area contributed by atoms with Gasteiger partial charge in [-0.25, -0.2) is 8.78 Å². The van der Waals surface area contributed by atoms with E-state index in [2.05, 4.69) is 10.1 Å². The van der Waals surface area contributed by atoms with Crippen LogP contribution in [0.25, 0.3) is 0 Å². The molecule has 1 aliphatic heterocycles. The van der Waals surface area contributed by atoms with Crippen molar-refractivity contribution in [3.63, 3.8) is 0 Å². The van der Waals surface area contributed by atoms with E-state index in [0.29, 0.717) is 12.2 Å². The summed E-state index contributed by atoms with van der Waals surface area (Å²) in [6.07, 6.45) is 0.0927. The number of hydrogen-bond acceptors (Lipinski definition) is 5. The van der Waals surface area contributed by atoms with Gasteiger partial charge in [0.15, 0.2) is 5.82 Å². The zero-order chi connectivity index (χ0) is 18.0. The number of amides is 1. The van der Waals surface area contributed by atoms with Crippen molar-refractivity contribution in [2.45, 2.75) is 38.2 Å². The number of likely N-dealkylation sites (tertiary alicyclic amines) is 1. The summed E-state index contributed by atoms with van der Waals surface area (Å²) < 4.78 is 37.8. The molecule has 0 N–H and O–H groups in total. The first-order chi connectivity index (χ1) is 11.9. The van der Waals surface area contributed by atoms with E-state index in [0.717, 1.165) is 16.2 Å². The van der Waals surface area contributed by atoms with E-state index >= 15 is 0 Å². The minimum Gasteiger partial charge on any atom is -0.497 e. The van der Waals surface area contributed by atoms with E-state index in [1.54, 1.807) is 26.2 Å². The topological polar surface area (TPSA) is 68.5 Å². The Balaban J connectivity index is 1.68. The predicted molar refractivity (Wildman–Crippen MR) is 84.4 cm³/mol. The van der Waals surface area contributed by atoms with Gasteiger partial charge in [0.2, 0.25) is 11.8 Å². The normalized spacial score (nSPS) is 19.2. The second kappa shape index (κ2) is 6.78. The third-order valence-corrected chi connectivity index (χ3v) is 4.21. The van der Waals surface area contributed by atoms with Gasteiger partial charge in [0.05, 0.1) is 13.7 Å². The molecule has 2 heterocycles. The van der Waals surface area contributed by atoms with Gasteiger partial charge in [-0.05, 0) is 31.0 Å². The van der Waals surface area contributed by atoms with Gasteiger partial charge in [0.25, 0.3) is 5.92 Å². The van der Waals surface area contributed by atoms with Gasteiger partial charge >= 0.3 is 0 Å².